The number of rotatable bonds is 4. The summed E-state index contributed by atoms with van der Waals surface area (Å²) in [6.45, 7) is 0. The van der Waals surface area contributed by atoms with Crippen molar-refractivity contribution in [1.29, 1.82) is 0 Å². The van der Waals surface area contributed by atoms with Crippen LogP contribution in [-0.2, 0) is 0 Å². The van der Waals surface area contributed by atoms with Gasteiger partial charge in [0.05, 0.1) is 37.6 Å². The summed E-state index contributed by atoms with van der Waals surface area (Å²) in [6.07, 6.45) is 5.14. The summed E-state index contributed by atoms with van der Waals surface area (Å²) in [6, 6.07) is 3.80. The summed E-state index contributed by atoms with van der Waals surface area (Å²) in [5.74, 6) is 1.19. The van der Waals surface area contributed by atoms with Crippen molar-refractivity contribution in [3.05, 3.63) is 23.4 Å². The SMILES string of the molecule is COc1cc(OC)c(-c2cn(C3CCC(O)CC3)nn2)cc1Cl. The number of ether oxygens (including phenoxy) is 2. The Morgan fingerprint density at radius 2 is 1.83 bits per heavy atom. The Morgan fingerprint density at radius 3 is 2.48 bits per heavy atom. The van der Waals surface area contributed by atoms with E-state index >= 15 is 0 Å². The number of aliphatic hydroxyl groups excluding tert-OH is 1. The van der Waals surface area contributed by atoms with E-state index in [0.717, 1.165) is 31.2 Å². The van der Waals surface area contributed by atoms with E-state index < -0.39 is 0 Å². The summed E-state index contributed by atoms with van der Waals surface area (Å²) in [5.41, 5.74) is 1.48. The zero-order valence-electron chi connectivity index (χ0n) is 13.2. The van der Waals surface area contributed by atoms with Crippen LogP contribution in [0.3, 0.4) is 0 Å². The number of benzene rings is 1. The number of aromatic nitrogens is 3. The van der Waals surface area contributed by atoms with Gasteiger partial charge in [-0.3, -0.25) is 0 Å². The third kappa shape index (κ3) is 3.28. The van der Waals surface area contributed by atoms with Gasteiger partial charge in [-0.1, -0.05) is 16.8 Å². The highest BCUT2D eigenvalue weighted by atomic mass is 35.5. The van der Waals surface area contributed by atoms with E-state index in [1.54, 1.807) is 26.4 Å². The molecular formula is C16H20ClN3O3. The van der Waals surface area contributed by atoms with E-state index in [9.17, 15) is 5.11 Å². The van der Waals surface area contributed by atoms with Crippen LogP contribution in [0, 0.1) is 0 Å². The van der Waals surface area contributed by atoms with Crippen molar-refractivity contribution >= 4 is 11.6 Å². The van der Waals surface area contributed by atoms with Crippen LogP contribution < -0.4 is 9.47 Å². The van der Waals surface area contributed by atoms with Gasteiger partial charge in [-0.25, -0.2) is 4.68 Å². The molecule has 0 amide bonds. The first-order chi connectivity index (χ1) is 11.1. The predicted molar refractivity (Wildman–Crippen MR) is 87.1 cm³/mol. The summed E-state index contributed by atoms with van der Waals surface area (Å²) in [4.78, 5) is 0. The third-order valence-corrected chi connectivity index (χ3v) is 4.60. The summed E-state index contributed by atoms with van der Waals surface area (Å²) in [5, 5.41) is 18.6. The average Bonchev–Trinajstić information content (AvgIpc) is 3.05. The molecule has 0 atom stereocenters. The van der Waals surface area contributed by atoms with Gasteiger partial charge in [-0.15, -0.1) is 5.10 Å². The first-order valence-electron chi connectivity index (χ1n) is 7.64. The molecule has 7 heteroatoms. The molecule has 124 valence electrons. The number of halogens is 1. The van der Waals surface area contributed by atoms with E-state index in [2.05, 4.69) is 10.3 Å². The van der Waals surface area contributed by atoms with Crippen LogP contribution >= 0.6 is 11.6 Å². The lowest BCUT2D eigenvalue weighted by atomic mass is 9.93. The van der Waals surface area contributed by atoms with Crippen LogP contribution in [0.2, 0.25) is 5.02 Å². The van der Waals surface area contributed by atoms with Gasteiger partial charge in [-0.2, -0.15) is 0 Å². The van der Waals surface area contributed by atoms with E-state index in [1.165, 1.54) is 0 Å². The molecule has 1 aliphatic carbocycles. The second-order valence-corrected chi connectivity index (χ2v) is 6.14. The van der Waals surface area contributed by atoms with Crippen LogP contribution in [0.25, 0.3) is 11.3 Å². The van der Waals surface area contributed by atoms with Crippen LogP contribution in [0.1, 0.15) is 31.7 Å². The van der Waals surface area contributed by atoms with Crippen LogP contribution in [0.4, 0.5) is 0 Å². The van der Waals surface area contributed by atoms with Gasteiger partial charge in [0.2, 0.25) is 0 Å². The molecule has 1 aromatic carbocycles. The van der Waals surface area contributed by atoms with Gasteiger partial charge in [0.1, 0.15) is 17.2 Å². The van der Waals surface area contributed by atoms with Crippen molar-refractivity contribution in [3.8, 4) is 22.8 Å². The van der Waals surface area contributed by atoms with Gasteiger partial charge in [0, 0.05) is 11.6 Å². The zero-order valence-corrected chi connectivity index (χ0v) is 14.0. The summed E-state index contributed by atoms with van der Waals surface area (Å²) < 4.78 is 12.5. The molecule has 1 aliphatic rings. The first-order valence-corrected chi connectivity index (χ1v) is 8.02. The topological polar surface area (TPSA) is 69.4 Å². The number of hydrogen-bond acceptors (Lipinski definition) is 5. The molecule has 1 heterocycles. The third-order valence-electron chi connectivity index (χ3n) is 4.30. The molecule has 1 N–H and O–H groups in total. The second-order valence-electron chi connectivity index (χ2n) is 5.73. The van der Waals surface area contributed by atoms with Gasteiger partial charge in [0.25, 0.3) is 0 Å². The van der Waals surface area contributed by atoms with Crippen LogP contribution in [-0.4, -0.2) is 40.4 Å². The quantitative estimate of drug-likeness (QED) is 0.928. The van der Waals surface area contributed by atoms with Crippen molar-refractivity contribution in [2.45, 2.75) is 37.8 Å². The Morgan fingerprint density at radius 1 is 1.13 bits per heavy atom. The molecule has 0 spiro atoms. The monoisotopic (exact) mass is 337 g/mol. The summed E-state index contributed by atoms with van der Waals surface area (Å²) in [7, 11) is 3.16. The van der Waals surface area contributed by atoms with Gasteiger partial charge in [0.15, 0.2) is 0 Å². The van der Waals surface area contributed by atoms with Crippen molar-refractivity contribution in [2.24, 2.45) is 0 Å². The molecule has 0 aliphatic heterocycles. The van der Waals surface area contributed by atoms with Gasteiger partial charge < -0.3 is 14.6 Å². The Kier molecular flexibility index (Phi) is 4.73. The normalized spacial score (nSPS) is 21.2. The van der Waals surface area contributed by atoms with E-state index in [0.29, 0.717) is 22.2 Å². The first kappa shape index (κ1) is 16.1. The molecule has 1 aromatic heterocycles. The Labute approximate surface area is 140 Å². The molecule has 0 bridgehead atoms. The lowest BCUT2D eigenvalue weighted by Gasteiger charge is -2.24. The molecule has 1 fully saturated rings. The molecule has 2 aromatic rings. The number of hydrogen-bond donors (Lipinski definition) is 1. The molecule has 0 unspecified atom stereocenters. The fourth-order valence-electron chi connectivity index (χ4n) is 2.96. The fraction of sp³-hybridized carbons (Fsp3) is 0.500. The highest BCUT2D eigenvalue weighted by molar-refractivity contribution is 6.32. The maximum absolute atomic E-state index is 9.62. The van der Waals surface area contributed by atoms with Crippen molar-refractivity contribution in [2.75, 3.05) is 14.2 Å². The maximum atomic E-state index is 9.62. The van der Waals surface area contributed by atoms with Crippen molar-refractivity contribution in [3.63, 3.8) is 0 Å². The fourth-order valence-corrected chi connectivity index (χ4v) is 3.20. The largest absolute Gasteiger partial charge is 0.496 e. The maximum Gasteiger partial charge on any atom is 0.141 e. The van der Waals surface area contributed by atoms with E-state index in [4.69, 9.17) is 21.1 Å². The molecular weight excluding hydrogens is 318 g/mol. The van der Waals surface area contributed by atoms with Crippen LogP contribution in [0.5, 0.6) is 11.5 Å². The van der Waals surface area contributed by atoms with Crippen LogP contribution in [0.15, 0.2) is 18.3 Å². The zero-order chi connectivity index (χ0) is 16.4. The predicted octanol–water partition coefficient (Wildman–Crippen LogP) is 3.09. The number of nitrogens with zero attached hydrogens (tertiary/aromatic N) is 3. The highest BCUT2D eigenvalue weighted by Gasteiger charge is 2.23. The standard InChI is InChI=1S/C16H20ClN3O3/c1-22-15-8-16(23-2)13(17)7-12(15)14-9-20(19-18-14)10-3-5-11(21)6-4-10/h7-11,21H,3-6H2,1-2H3. The molecule has 1 saturated carbocycles. The molecule has 0 radical (unpaired) electrons. The average molecular weight is 338 g/mol. The molecule has 3 rings (SSSR count). The van der Waals surface area contributed by atoms with Gasteiger partial charge >= 0.3 is 0 Å². The Hall–Kier alpha value is -1.79. The molecule has 6 nitrogen and oxygen atoms in total. The summed E-state index contributed by atoms with van der Waals surface area (Å²) >= 11 is 6.22. The van der Waals surface area contributed by atoms with Crippen molar-refractivity contribution in [1.82, 2.24) is 15.0 Å². The Balaban J connectivity index is 1.89. The lowest BCUT2D eigenvalue weighted by molar-refractivity contribution is 0.107. The lowest BCUT2D eigenvalue weighted by Crippen LogP contribution is -2.21. The molecule has 0 saturated heterocycles. The number of aliphatic hydroxyl groups is 1. The van der Waals surface area contributed by atoms with Crippen molar-refractivity contribution < 1.29 is 14.6 Å². The minimum absolute atomic E-state index is 0.185. The minimum Gasteiger partial charge on any atom is -0.496 e. The smallest absolute Gasteiger partial charge is 0.141 e. The minimum atomic E-state index is -0.185. The van der Waals surface area contributed by atoms with E-state index in [-0.39, 0.29) is 12.1 Å². The molecule has 23 heavy (non-hydrogen) atoms. The van der Waals surface area contributed by atoms with Gasteiger partial charge in [-0.05, 0) is 31.7 Å². The van der Waals surface area contributed by atoms with E-state index in [1.807, 2.05) is 10.9 Å². The number of methoxy groups -OCH3 is 2. The highest BCUT2D eigenvalue weighted by Crippen LogP contribution is 2.38. The Bertz CT molecular complexity index is 681. The second kappa shape index (κ2) is 6.76.